The molecular formula is C23H25FNO2+. The van der Waals surface area contributed by atoms with Crippen LogP contribution in [0.3, 0.4) is 0 Å². The van der Waals surface area contributed by atoms with Crippen LogP contribution in [0.25, 0.3) is 0 Å². The lowest BCUT2D eigenvalue weighted by atomic mass is 9.89. The van der Waals surface area contributed by atoms with Gasteiger partial charge in [-0.15, -0.1) is 0 Å². The largest absolute Gasteiger partial charge is 0.451 e. The number of aryl methyl sites for hydroxylation is 1. The zero-order valence-electron chi connectivity index (χ0n) is 15.4. The van der Waals surface area contributed by atoms with Gasteiger partial charge in [0.2, 0.25) is 0 Å². The molecule has 2 aliphatic heterocycles. The number of benzene rings is 2. The fourth-order valence-electron chi connectivity index (χ4n) is 4.40. The third-order valence-corrected chi connectivity index (χ3v) is 6.02. The van der Waals surface area contributed by atoms with Gasteiger partial charge in [-0.05, 0) is 30.2 Å². The maximum atomic E-state index is 13.5. The van der Waals surface area contributed by atoms with Gasteiger partial charge in [0.05, 0.1) is 19.6 Å². The molecule has 3 nitrogen and oxygen atoms in total. The molecule has 4 rings (SSSR count). The highest BCUT2D eigenvalue weighted by molar-refractivity contribution is 5.85. The molecule has 1 fully saturated rings. The van der Waals surface area contributed by atoms with Crippen LogP contribution in [0.1, 0.15) is 24.8 Å². The standard InChI is InChI=1S/C23H25FNO2/c24-20-8-10-21(11-9-20)25(16-4-7-19-5-2-1-3-6-19)17-14-23(15-18-25)13-12-22(26)27-23/h1-3,5-6,8-13H,4,7,14-18H2/q+1. The molecule has 0 radical (unpaired) electrons. The zero-order chi connectivity index (χ0) is 18.7. The summed E-state index contributed by atoms with van der Waals surface area (Å²) < 4.78 is 19.9. The molecule has 0 saturated carbocycles. The molecule has 1 spiro atoms. The summed E-state index contributed by atoms with van der Waals surface area (Å²) in [6, 6.07) is 17.4. The van der Waals surface area contributed by atoms with Crippen molar-refractivity contribution in [1.29, 1.82) is 0 Å². The van der Waals surface area contributed by atoms with Gasteiger partial charge in [0.25, 0.3) is 0 Å². The van der Waals surface area contributed by atoms with Gasteiger partial charge in [-0.25, -0.2) is 9.18 Å². The fourth-order valence-corrected chi connectivity index (χ4v) is 4.40. The first-order valence-electron chi connectivity index (χ1n) is 9.68. The first-order valence-corrected chi connectivity index (χ1v) is 9.68. The topological polar surface area (TPSA) is 26.3 Å². The Balaban J connectivity index is 1.50. The smallest absolute Gasteiger partial charge is 0.331 e. The number of quaternary nitrogens is 1. The van der Waals surface area contributed by atoms with Gasteiger partial charge in [-0.3, -0.25) is 4.48 Å². The average molecular weight is 366 g/mol. The lowest BCUT2D eigenvalue weighted by Crippen LogP contribution is -2.59. The van der Waals surface area contributed by atoms with E-state index in [-0.39, 0.29) is 11.8 Å². The molecule has 2 aliphatic rings. The number of hydrogen-bond donors (Lipinski definition) is 0. The molecule has 2 aromatic carbocycles. The first kappa shape index (κ1) is 17.9. The average Bonchev–Trinajstić information content (AvgIpc) is 3.06. The second kappa shape index (κ2) is 7.28. The van der Waals surface area contributed by atoms with Crippen LogP contribution in [0.4, 0.5) is 10.1 Å². The molecule has 2 heterocycles. The molecule has 27 heavy (non-hydrogen) atoms. The van der Waals surface area contributed by atoms with Gasteiger partial charge in [0.1, 0.15) is 17.1 Å². The van der Waals surface area contributed by atoms with E-state index in [0.717, 1.165) is 55.5 Å². The highest BCUT2D eigenvalue weighted by Crippen LogP contribution is 2.38. The number of likely N-dealkylation sites (tertiary alicyclic amines) is 1. The Kier molecular flexibility index (Phi) is 4.83. The second-order valence-corrected chi connectivity index (χ2v) is 7.70. The van der Waals surface area contributed by atoms with Crippen molar-refractivity contribution in [1.82, 2.24) is 4.48 Å². The number of carbonyl (C=O) groups excluding carboxylic acids is 1. The molecule has 0 aliphatic carbocycles. The normalized spacial score (nSPS) is 27.1. The van der Waals surface area contributed by atoms with Crippen molar-refractivity contribution in [2.75, 3.05) is 19.6 Å². The lowest BCUT2D eigenvalue weighted by Gasteiger charge is -2.46. The van der Waals surface area contributed by atoms with Crippen molar-refractivity contribution >= 4 is 11.7 Å². The number of halogens is 1. The van der Waals surface area contributed by atoms with Crippen molar-refractivity contribution in [3.63, 3.8) is 0 Å². The summed E-state index contributed by atoms with van der Waals surface area (Å²) in [4.78, 5) is 11.6. The van der Waals surface area contributed by atoms with Crippen LogP contribution in [-0.2, 0) is 16.0 Å². The van der Waals surface area contributed by atoms with Gasteiger partial charge >= 0.3 is 5.97 Å². The third kappa shape index (κ3) is 3.81. The number of nitrogens with zero attached hydrogens (tertiary/aromatic N) is 1. The Morgan fingerprint density at radius 1 is 1.00 bits per heavy atom. The minimum absolute atomic E-state index is 0.206. The number of piperidine rings is 1. The van der Waals surface area contributed by atoms with Crippen molar-refractivity contribution < 1.29 is 13.9 Å². The van der Waals surface area contributed by atoms with Gasteiger partial charge in [0, 0.05) is 37.5 Å². The predicted molar refractivity (Wildman–Crippen MR) is 105 cm³/mol. The quantitative estimate of drug-likeness (QED) is 0.579. The van der Waals surface area contributed by atoms with Crippen LogP contribution >= 0.6 is 0 Å². The van der Waals surface area contributed by atoms with Gasteiger partial charge in [0.15, 0.2) is 0 Å². The van der Waals surface area contributed by atoms with Gasteiger partial charge < -0.3 is 4.74 Å². The molecule has 0 amide bonds. The molecule has 1 saturated heterocycles. The van der Waals surface area contributed by atoms with E-state index in [0.29, 0.717) is 0 Å². The number of hydrogen-bond acceptors (Lipinski definition) is 2. The van der Waals surface area contributed by atoms with E-state index in [1.165, 1.54) is 5.56 Å². The Morgan fingerprint density at radius 3 is 2.33 bits per heavy atom. The number of carbonyl (C=O) groups is 1. The molecule has 0 atom stereocenters. The summed E-state index contributed by atoms with van der Waals surface area (Å²) in [5, 5.41) is 0. The summed E-state index contributed by atoms with van der Waals surface area (Å²) in [5.74, 6) is -0.441. The maximum Gasteiger partial charge on any atom is 0.331 e. The summed E-state index contributed by atoms with van der Waals surface area (Å²) in [6.45, 7) is 2.77. The van der Waals surface area contributed by atoms with Gasteiger partial charge in [-0.1, -0.05) is 30.3 Å². The molecule has 0 bridgehead atoms. The highest BCUT2D eigenvalue weighted by atomic mass is 19.1. The van der Waals surface area contributed by atoms with E-state index in [9.17, 15) is 9.18 Å². The maximum absolute atomic E-state index is 13.5. The fraction of sp³-hybridized carbons (Fsp3) is 0.348. The predicted octanol–water partition coefficient (Wildman–Crippen LogP) is 4.41. The Hall–Kier alpha value is -2.46. The minimum Gasteiger partial charge on any atom is -0.451 e. The van der Waals surface area contributed by atoms with Crippen LogP contribution in [0.5, 0.6) is 0 Å². The minimum atomic E-state index is -0.432. The van der Waals surface area contributed by atoms with Crippen molar-refractivity contribution in [3.8, 4) is 0 Å². The highest BCUT2D eigenvalue weighted by Gasteiger charge is 2.46. The van der Waals surface area contributed by atoms with Crippen LogP contribution < -0.4 is 4.48 Å². The summed E-state index contributed by atoms with van der Waals surface area (Å²) in [6.07, 6.45) is 7.17. The molecule has 140 valence electrons. The first-order chi connectivity index (χ1) is 13.1. The molecule has 0 N–H and O–H groups in total. The molecule has 2 aromatic rings. The Bertz CT molecular complexity index is 821. The number of ether oxygens (including phenoxy) is 1. The summed E-state index contributed by atoms with van der Waals surface area (Å²) >= 11 is 0. The summed E-state index contributed by atoms with van der Waals surface area (Å²) in [5.41, 5.74) is 2.06. The van der Waals surface area contributed by atoms with Gasteiger partial charge in [-0.2, -0.15) is 0 Å². The van der Waals surface area contributed by atoms with Crippen LogP contribution in [-0.4, -0.2) is 31.2 Å². The van der Waals surface area contributed by atoms with Crippen LogP contribution in [0.2, 0.25) is 0 Å². The zero-order valence-corrected chi connectivity index (χ0v) is 15.4. The molecule has 4 heteroatoms. The van der Waals surface area contributed by atoms with Crippen molar-refractivity contribution in [2.45, 2.75) is 31.3 Å². The number of rotatable bonds is 5. The third-order valence-electron chi connectivity index (χ3n) is 6.02. The Labute approximate surface area is 159 Å². The van der Waals surface area contributed by atoms with Crippen LogP contribution in [0, 0.1) is 5.82 Å². The van der Waals surface area contributed by atoms with E-state index in [1.807, 2.05) is 24.3 Å². The monoisotopic (exact) mass is 366 g/mol. The number of esters is 1. The van der Waals surface area contributed by atoms with Crippen molar-refractivity contribution in [2.24, 2.45) is 0 Å². The molecule has 0 unspecified atom stereocenters. The summed E-state index contributed by atoms with van der Waals surface area (Å²) in [7, 11) is 0. The Morgan fingerprint density at radius 2 is 1.70 bits per heavy atom. The SMILES string of the molecule is O=C1C=CC2(CC[N+](CCCc3ccccc3)(c3ccc(F)cc3)CC2)O1. The van der Waals surface area contributed by atoms with E-state index in [1.54, 1.807) is 18.2 Å². The lowest BCUT2D eigenvalue weighted by molar-refractivity contribution is -0.148. The molecular weight excluding hydrogens is 341 g/mol. The molecule has 0 aromatic heterocycles. The van der Waals surface area contributed by atoms with Crippen LogP contribution in [0.15, 0.2) is 66.7 Å². The van der Waals surface area contributed by atoms with E-state index in [2.05, 4.69) is 24.3 Å². The second-order valence-electron chi connectivity index (χ2n) is 7.70. The van der Waals surface area contributed by atoms with E-state index in [4.69, 9.17) is 4.74 Å². The van der Waals surface area contributed by atoms with Crippen molar-refractivity contribution in [3.05, 3.63) is 78.1 Å². The van der Waals surface area contributed by atoms with E-state index < -0.39 is 5.60 Å². The van der Waals surface area contributed by atoms with E-state index >= 15 is 0 Å².